The zero-order chi connectivity index (χ0) is 13.1. The Kier molecular flexibility index (Phi) is 3.76. The van der Waals surface area contributed by atoms with E-state index in [9.17, 15) is 5.11 Å². The van der Waals surface area contributed by atoms with Crippen molar-refractivity contribution < 1.29 is 5.11 Å². The molecule has 0 spiro atoms. The third kappa shape index (κ3) is 2.76. The third-order valence-electron chi connectivity index (χ3n) is 2.75. The number of nitrogens with zero attached hydrogens (tertiary/aromatic N) is 4. The quantitative estimate of drug-likeness (QED) is 0.834. The number of aliphatic hydroxyl groups excluding tert-OH is 1. The largest absolute Gasteiger partial charge is 0.394 e. The molecule has 2 heterocycles. The van der Waals surface area contributed by atoms with Crippen molar-refractivity contribution in [3.05, 3.63) is 18.0 Å². The molecule has 0 bridgehead atoms. The molecule has 6 nitrogen and oxygen atoms in total. The zero-order valence-electron chi connectivity index (χ0n) is 11.0. The second kappa shape index (κ2) is 5.30. The molecule has 1 unspecified atom stereocenters. The number of fused-ring (bicyclic) bond motifs is 1. The summed E-state index contributed by atoms with van der Waals surface area (Å²) in [4.78, 5) is 0. The number of aromatic nitrogens is 4. The van der Waals surface area contributed by atoms with Gasteiger partial charge in [0.05, 0.1) is 12.6 Å². The molecule has 18 heavy (non-hydrogen) atoms. The molecule has 98 valence electrons. The SMILES string of the molecule is Cc1nnc2ccc(NC(CO)CC(C)C)nn12. The molecule has 0 aliphatic heterocycles. The van der Waals surface area contributed by atoms with E-state index in [4.69, 9.17) is 0 Å². The van der Waals surface area contributed by atoms with Gasteiger partial charge in [0, 0.05) is 0 Å². The van der Waals surface area contributed by atoms with Crippen LogP contribution in [-0.4, -0.2) is 37.6 Å². The number of rotatable bonds is 5. The van der Waals surface area contributed by atoms with Crippen LogP contribution in [0.4, 0.5) is 5.82 Å². The highest BCUT2D eigenvalue weighted by molar-refractivity contribution is 5.44. The minimum Gasteiger partial charge on any atom is -0.394 e. The second-order valence-electron chi connectivity index (χ2n) is 4.89. The van der Waals surface area contributed by atoms with Crippen LogP contribution in [-0.2, 0) is 0 Å². The van der Waals surface area contributed by atoms with Crippen LogP contribution in [0.25, 0.3) is 5.65 Å². The van der Waals surface area contributed by atoms with Gasteiger partial charge >= 0.3 is 0 Å². The van der Waals surface area contributed by atoms with Gasteiger partial charge in [-0.05, 0) is 31.4 Å². The smallest absolute Gasteiger partial charge is 0.178 e. The molecule has 2 aromatic rings. The summed E-state index contributed by atoms with van der Waals surface area (Å²) in [7, 11) is 0. The van der Waals surface area contributed by atoms with Gasteiger partial charge in [-0.15, -0.1) is 15.3 Å². The van der Waals surface area contributed by atoms with Gasteiger partial charge in [-0.25, -0.2) is 0 Å². The number of aryl methyl sites for hydroxylation is 1. The Morgan fingerprint density at radius 2 is 2.11 bits per heavy atom. The highest BCUT2D eigenvalue weighted by atomic mass is 16.3. The Morgan fingerprint density at radius 1 is 1.33 bits per heavy atom. The zero-order valence-corrected chi connectivity index (χ0v) is 11.0. The summed E-state index contributed by atoms with van der Waals surface area (Å²) in [5.41, 5.74) is 0.724. The maximum absolute atomic E-state index is 9.34. The first-order valence-corrected chi connectivity index (χ1v) is 6.16. The van der Waals surface area contributed by atoms with Crippen LogP contribution in [0.2, 0.25) is 0 Å². The standard InChI is InChI=1S/C12H19N5O/c1-8(2)6-10(7-18)13-11-4-5-12-15-14-9(3)17(12)16-11/h4-5,8,10,18H,6-7H2,1-3H3,(H,13,16). The molecule has 0 fully saturated rings. The Morgan fingerprint density at radius 3 is 2.78 bits per heavy atom. The van der Waals surface area contributed by atoms with E-state index < -0.39 is 0 Å². The number of hydrogen-bond acceptors (Lipinski definition) is 5. The van der Waals surface area contributed by atoms with Gasteiger partial charge in [-0.2, -0.15) is 4.52 Å². The van der Waals surface area contributed by atoms with Gasteiger partial charge in [0.2, 0.25) is 0 Å². The minimum atomic E-state index is 0.0201. The maximum atomic E-state index is 9.34. The number of nitrogens with one attached hydrogen (secondary N) is 1. The van der Waals surface area contributed by atoms with Crippen LogP contribution >= 0.6 is 0 Å². The number of hydrogen-bond donors (Lipinski definition) is 2. The average molecular weight is 249 g/mol. The van der Waals surface area contributed by atoms with Crippen LogP contribution in [0.5, 0.6) is 0 Å². The van der Waals surface area contributed by atoms with Crippen molar-refractivity contribution in [3.8, 4) is 0 Å². The van der Waals surface area contributed by atoms with Crippen LogP contribution < -0.4 is 5.32 Å². The van der Waals surface area contributed by atoms with E-state index >= 15 is 0 Å². The van der Waals surface area contributed by atoms with Gasteiger partial charge < -0.3 is 10.4 Å². The molecule has 1 atom stereocenters. The Balaban J connectivity index is 2.17. The van der Waals surface area contributed by atoms with Gasteiger partial charge in [0.1, 0.15) is 5.82 Å². The van der Waals surface area contributed by atoms with Crippen molar-refractivity contribution in [2.24, 2.45) is 5.92 Å². The highest BCUT2D eigenvalue weighted by Crippen LogP contribution is 2.12. The van der Waals surface area contributed by atoms with E-state index in [0.29, 0.717) is 5.92 Å². The average Bonchev–Trinajstić information content (AvgIpc) is 2.70. The Labute approximate surface area is 106 Å². The van der Waals surface area contributed by atoms with Crippen molar-refractivity contribution in [2.45, 2.75) is 33.2 Å². The lowest BCUT2D eigenvalue weighted by atomic mass is 10.0. The Bertz CT molecular complexity index is 522. The first kappa shape index (κ1) is 12.8. The summed E-state index contributed by atoms with van der Waals surface area (Å²) in [6, 6.07) is 3.73. The van der Waals surface area contributed by atoms with E-state index in [1.165, 1.54) is 0 Å². The summed E-state index contributed by atoms with van der Waals surface area (Å²) in [6.07, 6.45) is 0.900. The fourth-order valence-electron chi connectivity index (χ4n) is 1.93. The lowest BCUT2D eigenvalue weighted by Crippen LogP contribution is -2.26. The maximum Gasteiger partial charge on any atom is 0.178 e. The fraction of sp³-hybridized carbons (Fsp3) is 0.583. The summed E-state index contributed by atoms with van der Waals surface area (Å²) in [5.74, 6) is 2.00. The van der Waals surface area contributed by atoms with E-state index in [1.807, 2.05) is 19.1 Å². The van der Waals surface area contributed by atoms with Crippen molar-refractivity contribution in [1.82, 2.24) is 19.8 Å². The van der Waals surface area contributed by atoms with Crippen molar-refractivity contribution in [2.75, 3.05) is 11.9 Å². The predicted molar refractivity (Wildman–Crippen MR) is 69.5 cm³/mol. The minimum absolute atomic E-state index is 0.0201. The highest BCUT2D eigenvalue weighted by Gasteiger charge is 2.11. The molecular weight excluding hydrogens is 230 g/mol. The van der Waals surface area contributed by atoms with E-state index in [-0.39, 0.29) is 12.6 Å². The van der Waals surface area contributed by atoms with Crippen molar-refractivity contribution in [3.63, 3.8) is 0 Å². The van der Waals surface area contributed by atoms with Gasteiger partial charge in [-0.1, -0.05) is 13.8 Å². The number of aliphatic hydroxyl groups is 1. The lowest BCUT2D eigenvalue weighted by molar-refractivity contribution is 0.259. The predicted octanol–water partition coefficient (Wildman–Crippen LogP) is 1.25. The second-order valence-corrected chi connectivity index (χ2v) is 4.89. The molecule has 2 rings (SSSR count). The molecule has 6 heteroatoms. The first-order valence-electron chi connectivity index (χ1n) is 6.16. The molecular formula is C12H19N5O. The molecule has 0 amide bonds. The van der Waals surface area contributed by atoms with Crippen LogP contribution in [0.15, 0.2) is 12.1 Å². The topological polar surface area (TPSA) is 75.3 Å². The number of anilines is 1. The van der Waals surface area contributed by atoms with E-state index in [0.717, 1.165) is 23.7 Å². The molecule has 0 radical (unpaired) electrons. The molecule has 0 aromatic carbocycles. The fourth-order valence-corrected chi connectivity index (χ4v) is 1.93. The van der Waals surface area contributed by atoms with Crippen molar-refractivity contribution in [1.29, 1.82) is 0 Å². The van der Waals surface area contributed by atoms with Crippen LogP contribution in [0.1, 0.15) is 26.1 Å². The monoisotopic (exact) mass is 249 g/mol. The van der Waals surface area contributed by atoms with E-state index in [1.54, 1.807) is 4.52 Å². The summed E-state index contributed by atoms with van der Waals surface area (Å²) in [6.45, 7) is 6.21. The molecule has 0 aliphatic carbocycles. The molecule has 0 saturated heterocycles. The summed E-state index contributed by atoms with van der Waals surface area (Å²) < 4.78 is 1.69. The molecule has 0 saturated carbocycles. The summed E-state index contributed by atoms with van der Waals surface area (Å²) in [5, 5.41) is 24.9. The summed E-state index contributed by atoms with van der Waals surface area (Å²) >= 11 is 0. The van der Waals surface area contributed by atoms with Crippen molar-refractivity contribution >= 4 is 11.5 Å². The van der Waals surface area contributed by atoms with Gasteiger partial charge in [0.25, 0.3) is 0 Å². The van der Waals surface area contributed by atoms with Crippen LogP contribution in [0.3, 0.4) is 0 Å². The van der Waals surface area contributed by atoms with Crippen LogP contribution in [0, 0.1) is 12.8 Å². The molecule has 2 aromatic heterocycles. The lowest BCUT2D eigenvalue weighted by Gasteiger charge is -2.18. The Hall–Kier alpha value is -1.69. The normalized spacial score (nSPS) is 13.2. The third-order valence-corrected chi connectivity index (χ3v) is 2.75. The molecule has 0 aliphatic rings. The van der Waals surface area contributed by atoms with E-state index in [2.05, 4.69) is 34.5 Å². The molecule has 2 N–H and O–H groups in total. The van der Waals surface area contributed by atoms with Gasteiger partial charge in [0.15, 0.2) is 11.5 Å². The van der Waals surface area contributed by atoms with Gasteiger partial charge in [-0.3, -0.25) is 0 Å². The first-order chi connectivity index (χ1) is 8.60.